The predicted molar refractivity (Wildman–Crippen MR) is 82.4 cm³/mol. The number of aryl methyl sites for hydroxylation is 1. The van der Waals surface area contributed by atoms with Gasteiger partial charge in [-0.2, -0.15) is 0 Å². The summed E-state index contributed by atoms with van der Waals surface area (Å²) in [5.74, 6) is 0.122. The van der Waals surface area contributed by atoms with E-state index >= 15 is 0 Å². The molecule has 0 heterocycles. The normalized spacial score (nSPS) is 12.1. The first-order valence-electron chi connectivity index (χ1n) is 6.33. The van der Waals surface area contributed by atoms with E-state index in [1.807, 2.05) is 19.1 Å². The van der Waals surface area contributed by atoms with Crippen LogP contribution in [0.15, 0.2) is 34.8 Å². The number of hydrogen-bond donors (Lipinski definition) is 1. The highest BCUT2D eigenvalue weighted by Gasteiger charge is 2.20. The summed E-state index contributed by atoms with van der Waals surface area (Å²) >= 11 is 3.36. The van der Waals surface area contributed by atoms with E-state index in [4.69, 9.17) is 9.47 Å². The molecule has 3 nitrogen and oxygen atoms in total. The van der Waals surface area contributed by atoms with E-state index in [2.05, 4.69) is 15.9 Å². The molecule has 0 radical (unpaired) electrons. The lowest BCUT2D eigenvalue weighted by molar-refractivity contribution is 0.213. The Hall–Kier alpha value is -1.59. The molecule has 0 aromatic heterocycles. The molecule has 21 heavy (non-hydrogen) atoms. The molecule has 2 aromatic carbocycles. The molecule has 1 atom stereocenters. The molecule has 1 N–H and O–H groups in total. The number of ether oxygens (including phenoxy) is 2. The number of rotatable bonds is 4. The zero-order valence-corrected chi connectivity index (χ0v) is 13.6. The highest BCUT2D eigenvalue weighted by molar-refractivity contribution is 9.10. The van der Waals surface area contributed by atoms with E-state index in [9.17, 15) is 9.50 Å². The topological polar surface area (TPSA) is 38.7 Å². The van der Waals surface area contributed by atoms with Gasteiger partial charge in [-0.25, -0.2) is 4.39 Å². The van der Waals surface area contributed by atoms with E-state index in [-0.39, 0.29) is 11.3 Å². The van der Waals surface area contributed by atoms with E-state index in [0.29, 0.717) is 11.3 Å². The Morgan fingerprint density at radius 3 is 2.29 bits per heavy atom. The van der Waals surface area contributed by atoms with Crippen LogP contribution >= 0.6 is 15.9 Å². The third-order valence-corrected chi connectivity index (χ3v) is 3.83. The molecule has 5 heteroatoms. The summed E-state index contributed by atoms with van der Waals surface area (Å²) in [6.07, 6.45) is -1.08. The lowest BCUT2D eigenvalue weighted by Gasteiger charge is -2.17. The summed E-state index contributed by atoms with van der Waals surface area (Å²) in [6.45, 7) is 1.86. The van der Waals surface area contributed by atoms with Crippen molar-refractivity contribution in [2.45, 2.75) is 13.0 Å². The maximum Gasteiger partial charge on any atom is 0.163 e. The summed E-state index contributed by atoms with van der Waals surface area (Å²) in [4.78, 5) is 0. The minimum absolute atomic E-state index is 0.147. The first-order valence-corrected chi connectivity index (χ1v) is 7.12. The minimum atomic E-state index is -1.08. The van der Waals surface area contributed by atoms with Crippen LogP contribution in [0.5, 0.6) is 11.5 Å². The first kappa shape index (κ1) is 15.8. The molecule has 0 aliphatic heterocycles. The molecule has 0 fully saturated rings. The molecule has 0 aliphatic rings. The highest BCUT2D eigenvalue weighted by atomic mass is 79.9. The van der Waals surface area contributed by atoms with Crippen LogP contribution in [0.4, 0.5) is 4.39 Å². The summed E-state index contributed by atoms with van der Waals surface area (Å²) in [5, 5.41) is 10.5. The fourth-order valence-electron chi connectivity index (χ4n) is 2.15. The monoisotopic (exact) mass is 354 g/mol. The van der Waals surface area contributed by atoms with Crippen LogP contribution in [-0.2, 0) is 0 Å². The van der Waals surface area contributed by atoms with Crippen molar-refractivity contribution in [1.29, 1.82) is 0 Å². The van der Waals surface area contributed by atoms with Gasteiger partial charge in [-0.3, -0.25) is 0 Å². The van der Waals surface area contributed by atoms with Crippen molar-refractivity contribution in [3.8, 4) is 11.5 Å². The number of aliphatic hydroxyl groups excluding tert-OH is 1. The number of halogens is 2. The molecule has 2 aromatic rings. The fourth-order valence-corrected chi connectivity index (χ4v) is 2.53. The van der Waals surface area contributed by atoms with Crippen LogP contribution in [0.3, 0.4) is 0 Å². The van der Waals surface area contributed by atoms with Crippen molar-refractivity contribution in [3.63, 3.8) is 0 Å². The van der Waals surface area contributed by atoms with Crippen LogP contribution in [0.2, 0.25) is 0 Å². The quantitative estimate of drug-likeness (QED) is 0.901. The lowest BCUT2D eigenvalue weighted by Crippen LogP contribution is -2.06. The van der Waals surface area contributed by atoms with Gasteiger partial charge in [0.25, 0.3) is 0 Å². The molecule has 0 saturated carbocycles. The number of hydrogen-bond acceptors (Lipinski definition) is 3. The van der Waals surface area contributed by atoms with Gasteiger partial charge in [0.2, 0.25) is 0 Å². The lowest BCUT2D eigenvalue weighted by atomic mass is 9.97. The van der Waals surface area contributed by atoms with Crippen molar-refractivity contribution in [2.75, 3.05) is 14.2 Å². The maximum atomic E-state index is 14.2. The second-order valence-corrected chi connectivity index (χ2v) is 5.55. The molecular formula is C16H16BrFO3. The van der Waals surface area contributed by atoms with Gasteiger partial charge in [0, 0.05) is 16.1 Å². The molecule has 0 aliphatic carbocycles. The Morgan fingerprint density at radius 2 is 1.67 bits per heavy atom. The standard InChI is InChI=1S/C16H16BrFO3/c1-9-4-5-10(17)6-11(9)16(19)12-7-14(20-2)15(21-3)8-13(12)18/h4-8,16,19H,1-3H3. The minimum Gasteiger partial charge on any atom is -0.493 e. The van der Waals surface area contributed by atoms with Crippen LogP contribution < -0.4 is 9.47 Å². The summed E-state index contributed by atoms with van der Waals surface area (Å²) < 4.78 is 25.2. The maximum absolute atomic E-state index is 14.2. The number of aliphatic hydroxyl groups is 1. The van der Waals surface area contributed by atoms with Gasteiger partial charge in [-0.1, -0.05) is 22.0 Å². The number of benzene rings is 2. The molecule has 2 rings (SSSR count). The van der Waals surface area contributed by atoms with Gasteiger partial charge < -0.3 is 14.6 Å². The SMILES string of the molecule is COc1cc(F)c(C(O)c2cc(Br)ccc2C)cc1OC. The third kappa shape index (κ3) is 3.19. The van der Waals surface area contributed by atoms with E-state index in [1.165, 1.54) is 26.4 Å². The molecule has 0 saturated heterocycles. The van der Waals surface area contributed by atoms with Gasteiger partial charge in [-0.05, 0) is 36.2 Å². The number of methoxy groups -OCH3 is 2. The molecule has 0 spiro atoms. The summed E-state index contributed by atoms with van der Waals surface area (Å²) in [6, 6.07) is 8.18. The van der Waals surface area contributed by atoms with E-state index < -0.39 is 11.9 Å². The zero-order valence-electron chi connectivity index (χ0n) is 12.0. The Bertz CT molecular complexity index is 658. The van der Waals surface area contributed by atoms with Crippen molar-refractivity contribution >= 4 is 15.9 Å². The Labute approximate surface area is 131 Å². The van der Waals surface area contributed by atoms with Crippen LogP contribution in [0.1, 0.15) is 22.8 Å². The van der Waals surface area contributed by atoms with Gasteiger partial charge >= 0.3 is 0 Å². The Kier molecular flexibility index (Phi) is 4.85. The van der Waals surface area contributed by atoms with Crippen molar-refractivity contribution in [2.24, 2.45) is 0 Å². The zero-order chi connectivity index (χ0) is 15.6. The Balaban J connectivity index is 2.52. The third-order valence-electron chi connectivity index (χ3n) is 3.33. The average Bonchev–Trinajstić information content (AvgIpc) is 2.48. The van der Waals surface area contributed by atoms with Gasteiger partial charge in [0.15, 0.2) is 11.5 Å². The smallest absolute Gasteiger partial charge is 0.163 e. The largest absolute Gasteiger partial charge is 0.493 e. The highest BCUT2D eigenvalue weighted by Crippen LogP contribution is 2.35. The molecule has 112 valence electrons. The van der Waals surface area contributed by atoms with E-state index in [0.717, 1.165) is 10.0 Å². The van der Waals surface area contributed by atoms with Crippen molar-refractivity contribution in [1.82, 2.24) is 0 Å². The molecule has 0 amide bonds. The second kappa shape index (κ2) is 6.45. The summed E-state index contributed by atoms with van der Waals surface area (Å²) in [7, 11) is 2.90. The fraction of sp³-hybridized carbons (Fsp3) is 0.250. The molecule has 0 bridgehead atoms. The Morgan fingerprint density at radius 1 is 1.05 bits per heavy atom. The van der Waals surface area contributed by atoms with Crippen LogP contribution in [0, 0.1) is 12.7 Å². The van der Waals surface area contributed by atoms with Crippen LogP contribution in [-0.4, -0.2) is 19.3 Å². The molecule has 1 unspecified atom stereocenters. The average molecular weight is 355 g/mol. The van der Waals surface area contributed by atoms with Gasteiger partial charge in [0.1, 0.15) is 11.9 Å². The summed E-state index contributed by atoms with van der Waals surface area (Å²) in [5.41, 5.74) is 1.66. The predicted octanol–water partition coefficient (Wildman–Crippen LogP) is 4.00. The first-order chi connectivity index (χ1) is 9.97. The van der Waals surface area contributed by atoms with Crippen molar-refractivity contribution in [3.05, 3.63) is 57.3 Å². The van der Waals surface area contributed by atoms with E-state index in [1.54, 1.807) is 6.07 Å². The van der Waals surface area contributed by atoms with Crippen molar-refractivity contribution < 1.29 is 19.0 Å². The molecular weight excluding hydrogens is 339 g/mol. The van der Waals surface area contributed by atoms with Gasteiger partial charge in [-0.15, -0.1) is 0 Å². The van der Waals surface area contributed by atoms with Crippen LogP contribution in [0.25, 0.3) is 0 Å². The van der Waals surface area contributed by atoms with Gasteiger partial charge in [0.05, 0.1) is 14.2 Å². The second-order valence-electron chi connectivity index (χ2n) is 4.63.